The number of rotatable bonds is 4. The number of nitrogens with zero attached hydrogens (tertiary/aromatic N) is 1. The summed E-state index contributed by atoms with van der Waals surface area (Å²) in [6, 6.07) is 3.52. The van der Waals surface area contributed by atoms with Crippen molar-refractivity contribution in [1.82, 2.24) is 10.2 Å². The van der Waals surface area contributed by atoms with E-state index in [1.165, 1.54) is 0 Å². The Balaban J connectivity index is 2.10. The molecule has 2 N–H and O–H groups in total. The van der Waals surface area contributed by atoms with Crippen molar-refractivity contribution < 1.29 is 19.1 Å². The number of hydrogen-bond donors (Lipinski definition) is 2. The summed E-state index contributed by atoms with van der Waals surface area (Å²) in [6.45, 7) is 9.54. The van der Waals surface area contributed by atoms with Gasteiger partial charge in [-0.05, 0) is 17.5 Å². The lowest BCUT2D eigenvalue weighted by Crippen LogP contribution is -2.52. The highest BCUT2D eigenvalue weighted by Crippen LogP contribution is 2.34. The van der Waals surface area contributed by atoms with Gasteiger partial charge in [-0.3, -0.25) is 0 Å². The highest BCUT2D eigenvalue weighted by atomic mass is 16.5. The van der Waals surface area contributed by atoms with Crippen LogP contribution in [-0.4, -0.2) is 48.4 Å². The van der Waals surface area contributed by atoms with Gasteiger partial charge in [-0.25, -0.2) is 4.79 Å². The Labute approximate surface area is 137 Å². The summed E-state index contributed by atoms with van der Waals surface area (Å²) in [6.07, 6.45) is 0.518. The molecule has 1 aromatic rings. The molecule has 0 unspecified atom stereocenters. The van der Waals surface area contributed by atoms with Crippen molar-refractivity contribution in [3.8, 4) is 0 Å². The maximum Gasteiger partial charge on any atom is 0.318 e. The van der Waals surface area contributed by atoms with E-state index < -0.39 is 0 Å². The Morgan fingerprint density at radius 1 is 1.48 bits per heavy atom. The molecule has 2 atom stereocenters. The topological polar surface area (TPSA) is 74.9 Å². The average Bonchev–Trinajstić information content (AvgIpc) is 2.99. The predicted octanol–water partition coefficient (Wildman–Crippen LogP) is 2.33. The van der Waals surface area contributed by atoms with Gasteiger partial charge in [0.15, 0.2) is 0 Å². The van der Waals surface area contributed by atoms with E-state index in [2.05, 4.69) is 26.1 Å². The van der Waals surface area contributed by atoms with Crippen LogP contribution >= 0.6 is 0 Å². The Hall–Kier alpha value is -1.53. The largest absolute Gasteiger partial charge is 0.464 e. The predicted molar refractivity (Wildman–Crippen MR) is 87.2 cm³/mol. The number of aliphatic hydroxyl groups is 1. The Bertz CT molecular complexity index is 521. The van der Waals surface area contributed by atoms with Gasteiger partial charge in [-0.1, -0.05) is 27.7 Å². The summed E-state index contributed by atoms with van der Waals surface area (Å²) < 4.78 is 11.2. The molecule has 6 nitrogen and oxygen atoms in total. The molecule has 6 heteroatoms. The number of carbonyl (C=O) groups is 1. The fraction of sp³-hybridized carbons (Fsp3) is 0.706. The molecule has 2 rings (SSSR count). The van der Waals surface area contributed by atoms with E-state index in [1.807, 2.05) is 19.1 Å². The van der Waals surface area contributed by atoms with Crippen molar-refractivity contribution in [2.24, 2.45) is 5.41 Å². The Kier molecular flexibility index (Phi) is 5.70. The summed E-state index contributed by atoms with van der Waals surface area (Å²) in [5, 5.41) is 12.3. The zero-order valence-corrected chi connectivity index (χ0v) is 14.5. The molecule has 2 amide bonds. The van der Waals surface area contributed by atoms with E-state index in [0.717, 1.165) is 17.9 Å². The summed E-state index contributed by atoms with van der Waals surface area (Å²) >= 11 is 0. The fourth-order valence-electron chi connectivity index (χ4n) is 2.68. The summed E-state index contributed by atoms with van der Waals surface area (Å²) in [7, 11) is 0. The van der Waals surface area contributed by atoms with Crippen molar-refractivity contribution in [2.45, 2.75) is 46.3 Å². The molecular formula is C17H28N2O4. The van der Waals surface area contributed by atoms with Crippen LogP contribution in [-0.2, 0) is 11.2 Å². The Morgan fingerprint density at radius 2 is 2.22 bits per heavy atom. The minimum absolute atomic E-state index is 0.0788. The molecule has 1 fully saturated rings. The van der Waals surface area contributed by atoms with Crippen LogP contribution in [0.5, 0.6) is 0 Å². The second-order valence-corrected chi connectivity index (χ2v) is 7.03. The van der Waals surface area contributed by atoms with Crippen LogP contribution in [0.4, 0.5) is 4.79 Å². The number of nitrogens with one attached hydrogen (secondary N) is 1. The van der Waals surface area contributed by atoms with E-state index >= 15 is 0 Å². The van der Waals surface area contributed by atoms with Gasteiger partial charge in [0.25, 0.3) is 0 Å². The smallest absolute Gasteiger partial charge is 0.318 e. The van der Waals surface area contributed by atoms with Crippen molar-refractivity contribution in [2.75, 3.05) is 26.3 Å². The van der Waals surface area contributed by atoms with Gasteiger partial charge in [0.05, 0.1) is 31.9 Å². The normalized spacial score (nSPS) is 20.4. The maximum absolute atomic E-state index is 12.6. The number of urea groups is 1. The van der Waals surface area contributed by atoms with E-state index in [9.17, 15) is 9.90 Å². The van der Waals surface area contributed by atoms with Gasteiger partial charge in [0, 0.05) is 13.0 Å². The van der Waals surface area contributed by atoms with E-state index in [0.29, 0.717) is 19.7 Å². The second-order valence-electron chi connectivity index (χ2n) is 7.03. The van der Waals surface area contributed by atoms with Crippen LogP contribution in [0.3, 0.4) is 0 Å². The van der Waals surface area contributed by atoms with Gasteiger partial charge < -0.3 is 24.5 Å². The standard InChI is InChI=1S/C17H28N2O4/c1-5-12-6-7-14(23-12)15(17(2,3)4)18-16(21)19-8-9-22-13(10-19)11-20/h6-7,13,15,20H,5,8-11H2,1-4H3,(H,18,21)/t13-,15-/m0/s1. The fourth-order valence-corrected chi connectivity index (χ4v) is 2.68. The molecule has 0 aromatic carbocycles. The molecule has 0 bridgehead atoms. The van der Waals surface area contributed by atoms with E-state index in [1.54, 1.807) is 4.90 Å². The van der Waals surface area contributed by atoms with Crippen LogP contribution in [0.1, 0.15) is 45.3 Å². The number of furan rings is 1. The molecule has 1 aromatic heterocycles. The number of aliphatic hydroxyl groups excluding tert-OH is 1. The first-order valence-electron chi connectivity index (χ1n) is 8.21. The average molecular weight is 324 g/mol. The van der Waals surface area contributed by atoms with Gasteiger partial charge in [0.2, 0.25) is 0 Å². The van der Waals surface area contributed by atoms with Crippen molar-refractivity contribution >= 4 is 6.03 Å². The minimum Gasteiger partial charge on any atom is -0.464 e. The molecule has 0 aliphatic carbocycles. The van der Waals surface area contributed by atoms with Crippen molar-refractivity contribution in [3.63, 3.8) is 0 Å². The molecule has 1 saturated heterocycles. The van der Waals surface area contributed by atoms with Crippen molar-refractivity contribution in [3.05, 3.63) is 23.7 Å². The monoisotopic (exact) mass is 324 g/mol. The SMILES string of the molecule is CCc1ccc([C@H](NC(=O)N2CCO[C@H](CO)C2)C(C)(C)C)o1. The van der Waals surface area contributed by atoms with Crippen LogP contribution in [0.25, 0.3) is 0 Å². The number of amides is 2. The zero-order chi connectivity index (χ0) is 17.0. The van der Waals surface area contributed by atoms with E-state index in [-0.39, 0.29) is 30.2 Å². The van der Waals surface area contributed by atoms with Crippen LogP contribution in [0.15, 0.2) is 16.5 Å². The van der Waals surface area contributed by atoms with Gasteiger partial charge in [-0.15, -0.1) is 0 Å². The number of ether oxygens (including phenoxy) is 1. The lowest BCUT2D eigenvalue weighted by molar-refractivity contribution is -0.0409. The summed E-state index contributed by atoms with van der Waals surface area (Å²) in [5.41, 5.74) is -0.179. The van der Waals surface area contributed by atoms with Crippen molar-refractivity contribution in [1.29, 1.82) is 0 Å². The molecule has 23 heavy (non-hydrogen) atoms. The number of morpholine rings is 1. The minimum atomic E-state index is -0.308. The third-order valence-electron chi connectivity index (χ3n) is 4.08. The first-order chi connectivity index (χ1) is 10.8. The molecule has 2 heterocycles. The lowest BCUT2D eigenvalue weighted by Gasteiger charge is -2.36. The first kappa shape index (κ1) is 17.8. The number of carbonyl (C=O) groups excluding carboxylic acids is 1. The highest BCUT2D eigenvalue weighted by Gasteiger charge is 2.33. The summed E-state index contributed by atoms with van der Waals surface area (Å²) in [5.74, 6) is 1.69. The molecule has 130 valence electrons. The molecule has 1 aliphatic heterocycles. The second kappa shape index (κ2) is 7.36. The first-order valence-corrected chi connectivity index (χ1v) is 8.21. The number of aryl methyl sites for hydroxylation is 1. The zero-order valence-electron chi connectivity index (χ0n) is 14.5. The molecule has 1 aliphatic rings. The molecular weight excluding hydrogens is 296 g/mol. The van der Waals surface area contributed by atoms with Gasteiger partial charge in [-0.2, -0.15) is 0 Å². The Morgan fingerprint density at radius 3 is 2.78 bits per heavy atom. The van der Waals surface area contributed by atoms with Gasteiger partial charge >= 0.3 is 6.03 Å². The maximum atomic E-state index is 12.6. The highest BCUT2D eigenvalue weighted by molar-refractivity contribution is 5.75. The molecule has 0 radical (unpaired) electrons. The van der Waals surface area contributed by atoms with Crippen LogP contribution in [0, 0.1) is 5.41 Å². The number of hydrogen-bond acceptors (Lipinski definition) is 4. The third-order valence-corrected chi connectivity index (χ3v) is 4.08. The van der Waals surface area contributed by atoms with Crippen LogP contribution < -0.4 is 5.32 Å². The lowest BCUT2D eigenvalue weighted by atomic mass is 9.85. The quantitative estimate of drug-likeness (QED) is 0.891. The van der Waals surface area contributed by atoms with Gasteiger partial charge in [0.1, 0.15) is 11.5 Å². The third kappa shape index (κ3) is 4.48. The van der Waals surface area contributed by atoms with Crippen LogP contribution in [0.2, 0.25) is 0 Å². The molecule has 0 saturated carbocycles. The summed E-state index contributed by atoms with van der Waals surface area (Å²) in [4.78, 5) is 14.3. The van der Waals surface area contributed by atoms with E-state index in [4.69, 9.17) is 9.15 Å². The molecule has 0 spiro atoms.